The number of hydrogen-bond donors (Lipinski definition) is 2. The first-order valence-electron chi connectivity index (χ1n) is 5.39. The maximum Gasteiger partial charge on any atom is 0.265 e. The third kappa shape index (κ3) is 4.29. The van der Waals surface area contributed by atoms with Crippen molar-refractivity contribution >= 4 is 5.91 Å². The van der Waals surface area contributed by atoms with Crippen LogP contribution in [0.25, 0.3) is 0 Å². The lowest BCUT2D eigenvalue weighted by atomic mass is 10.1. The number of methoxy groups -OCH3 is 1. The third-order valence-corrected chi connectivity index (χ3v) is 2.34. The molecule has 1 aromatic rings. The maximum absolute atomic E-state index is 12.0. The normalized spacial score (nSPS) is 12.3. The van der Waals surface area contributed by atoms with Crippen molar-refractivity contribution in [2.75, 3.05) is 13.7 Å². The Morgan fingerprint density at radius 3 is 2.72 bits per heavy atom. The van der Waals surface area contributed by atoms with Gasteiger partial charge in [0.1, 0.15) is 11.9 Å². The number of aliphatic hydroxyl groups is 1. The van der Waals surface area contributed by atoms with Crippen LogP contribution in [0.2, 0.25) is 0 Å². The van der Waals surface area contributed by atoms with Gasteiger partial charge in [0.15, 0.2) is 0 Å². The lowest BCUT2D eigenvalue weighted by molar-refractivity contribution is -0.121. The van der Waals surface area contributed by atoms with Crippen molar-refractivity contribution in [3.8, 4) is 5.75 Å². The first-order chi connectivity index (χ1) is 8.54. The zero-order valence-corrected chi connectivity index (χ0v) is 9.90. The molecule has 1 unspecified atom stereocenters. The fourth-order valence-corrected chi connectivity index (χ4v) is 1.39. The summed E-state index contributed by atoms with van der Waals surface area (Å²) in [6.45, 7) is -0.467. The number of amides is 1. The highest BCUT2D eigenvalue weighted by Crippen LogP contribution is 2.17. The first-order valence-corrected chi connectivity index (χ1v) is 5.39. The zero-order valence-electron chi connectivity index (χ0n) is 9.90. The fourth-order valence-electron chi connectivity index (χ4n) is 1.39. The van der Waals surface area contributed by atoms with Crippen LogP contribution < -0.4 is 10.1 Å². The van der Waals surface area contributed by atoms with Crippen molar-refractivity contribution in [2.45, 2.75) is 19.0 Å². The SMILES string of the molecule is COc1ccccc1CC(=O)NCC(O)C(F)F. The van der Waals surface area contributed by atoms with Gasteiger partial charge in [-0.3, -0.25) is 4.79 Å². The van der Waals surface area contributed by atoms with E-state index in [1.54, 1.807) is 24.3 Å². The van der Waals surface area contributed by atoms with Crippen LogP contribution in [0.3, 0.4) is 0 Å². The van der Waals surface area contributed by atoms with Gasteiger partial charge in [0.25, 0.3) is 6.43 Å². The molecule has 0 radical (unpaired) electrons. The number of halogens is 2. The topological polar surface area (TPSA) is 58.6 Å². The number of benzene rings is 1. The van der Waals surface area contributed by atoms with Crippen LogP contribution in [0.15, 0.2) is 24.3 Å². The van der Waals surface area contributed by atoms with E-state index in [9.17, 15) is 13.6 Å². The van der Waals surface area contributed by atoms with Crippen LogP contribution in [0.1, 0.15) is 5.56 Å². The molecule has 1 amide bonds. The molecule has 0 aliphatic carbocycles. The largest absolute Gasteiger partial charge is 0.496 e. The van der Waals surface area contributed by atoms with E-state index < -0.39 is 25.0 Å². The monoisotopic (exact) mass is 259 g/mol. The van der Waals surface area contributed by atoms with Crippen molar-refractivity contribution in [2.24, 2.45) is 0 Å². The number of aliphatic hydroxyl groups excluding tert-OH is 1. The minimum Gasteiger partial charge on any atom is -0.496 e. The van der Waals surface area contributed by atoms with E-state index in [-0.39, 0.29) is 6.42 Å². The van der Waals surface area contributed by atoms with Gasteiger partial charge in [-0.1, -0.05) is 18.2 Å². The standard InChI is InChI=1S/C12H15F2NO3/c1-18-10-5-3-2-4-8(10)6-11(17)15-7-9(16)12(13)14/h2-5,9,12,16H,6-7H2,1H3,(H,15,17). The van der Waals surface area contributed by atoms with Crippen molar-refractivity contribution < 1.29 is 23.4 Å². The number of para-hydroxylation sites is 1. The molecular formula is C12H15F2NO3. The smallest absolute Gasteiger partial charge is 0.265 e. The average Bonchev–Trinajstić information content (AvgIpc) is 2.36. The fraction of sp³-hybridized carbons (Fsp3) is 0.417. The summed E-state index contributed by atoms with van der Waals surface area (Å²) < 4.78 is 29.1. The lowest BCUT2D eigenvalue weighted by Gasteiger charge is -2.11. The molecule has 0 saturated heterocycles. The van der Waals surface area contributed by atoms with Gasteiger partial charge in [-0.05, 0) is 6.07 Å². The molecule has 6 heteroatoms. The Bertz CT molecular complexity index is 399. The number of alkyl halides is 2. The molecule has 1 aromatic carbocycles. The minimum atomic E-state index is -2.86. The maximum atomic E-state index is 12.0. The summed E-state index contributed by atoms with van der Waals surface area (Å²) in [5, 5.41) is 11.1. The third-order valence-electron chi connectivity index (χ3n) is 2.34. The van der Waals surface area contributed by atoms with E-state index in [4.69, 9.17) is 9.84 Å². The van der Waals surface area contributed by atoms with Crippen LogP contribution in [-0.4, -0.2) is 37.2 Å². The zero-order chi connectivity index (χ0) is 13.5. The van der Waals surface area contributed by atoms with Gasteiger partial charge in [-0.25, -0.2) is 8.78 Å². The minimum absolute atomic E-state index is 0.0139. The summed E-state index contributed by atoms with van der Waals surface area (Å²) in [6, 6.07) is 6.93. The molecule has 0 bridgehead atoms. The van der Waals surface area contributed by atoms with Crippen LogP contribution in [-0.2, 0) is 11.2 Å². The van der Waals surface area contributed by atoms with E-state index >= 15 is 0 Å². The highest BCUT2D eigenvalue weighted by molar-refractivity contribution is 5.79. The summed E-state index contributed by atoms with van der Waals surface area (Å²) in [5.74, 6) is 0.112. The summed E-state index contributed by atoms with van der Waals surface area (Å²) in [6.07, 6.45) is -4.69. The second-order valence-corrected chi connectivity index (χ2v) is 3.69. The molecule has 0 fully saturated rings. The van der Waals surface area contributed by atoms with E-state index in [1.807, 2.05) is 0 Å². The summed E-state index contributed by atoms with van der Waals surface area (Å²) in [5.41, 5.74) is 0.657. The van der Waals surface area contributed by atoms with Crippen LogP contribution in [0.4, 0.5) is 8.78 Å². The molecule has 0 aliphatic rings. The predicted octanol–water partition coefficient (Wildman–Crippen LogP) is 0.980. The van der Waals surface area contributed by atoms with Gasteiger partial charge < -0.3 is 15.2 Å². The van der Waals surface area contributed by atoms with Crippen molar-refractivity contribution in [3.63, 3.8) is 0 Å². The molecule has 1 rings (SSSR count). The highest BCUT2D eigenvalue weighted by atomic mass is 19.3. The second-order valence-electron chi connectivity index (χ2n) is 3.69. The number of carbonyl (C=O) groups excluding carboxylic acids is 1. The molecule has 4 nitrogen and oxygen atoms in total. The van der Waals surface area contributed by atoms with Crippen molar-refractivity contribution in [1.82, 2.24) is 5.32 Å². The van der Waals surface area contributed by atoms with Crippen LogP contribution >= 0.6 is 0 Å². The Morgan fingerprint density at radius 2 is 2.11 bits per heavy atom. The molecule has 0 spiro atoms. The molecule has 18 heavy (non-hydrogen) atoms. The predicted molar refractivity (Wildman–Crippen MR) is 61.7 cm³/mol. The first kappa shape index (κ1) is 14.4. The average molecular weight is 259 g/mol. The Labute approximate surface area is 104 Å². The van der Waals surface area contributed by atoms with Gasteiger partial charge in [0, 0.05) is 12.1 Å². The van der Waals surface area contributed by atoms with E-state index in [2.05, 4.69) is 5.32 Å². The van der Waals surface area contributed by atoms with Gasteiger partial charge in [0.2, 0.25) is 5.91 Å². The van der Waals surface area contributed by atoms with Crippen molar-refractivity contribution in [1.29, 1.82) is 0 Å². The van der Waals surface area contributed by atoms with Gasteiger partial charge in [-0.15, -0.1) is 0 Å². The molecule has 100 valence electrons. The quantitative estimate of drug-likeness (QED) is 0.800. The molecule has 1 atom stereocenters. The van der Waals surface area contributed by atoms with Crippen LogP contribution in [0, 0.1) is 0 Å². The Hall–Kier alpha value is -1.69. The molecule has 0 aromatic heterocycles. The number of carbonyl (C=O) groups is 1. The van der Waals surface area contributed by atoms with Gasteiger partial charge in [0.05, 0.1) is 13.5 Å². The molecule has 2 N–H and O–H groups in total. The Morgan fingerprint density at radius 1 is 1.44 bits per heavy atom. The Kier molecular flexibility index (Phi) is 5.51. The van der Waals surface area contributed by atoms with Crippen molar-refractivity contribution in [3.05, 3.63) is 29.8 Å². The summed E-state index contributed by atoms with van der Waals surface area (Å²) >= 11 is 0. The van der Waals surface area contributed by atoms with Crippen LogP contribution in [0.5, 0.6) is 5.75 Å². The number of rotatable bonds is 6. The van der Waals surface area contributed by atoms with E-state index in [0.717, 1.165) is 0 Å². The molecule has 0 heterocycles. The van der Waals surface area contributed by atoms with E-state index in [1.165, 1.54) is 7.11 Å². The Balaban J connectivity index is 2.49. The number of ether oxygens (including phenoxy) is 1. The molecular weight excluding hydrogens is 244 g/mol. The number of hydrogen-bond acceptors (Lipinski definition) is 3. The summed E-state index contributed by atoms with van der Waals surface area (Å²) in [4.78, 5) is 11.5. The van der Waals surface area contributed by atoms with Gasteiger partial charge >= 0.3 is 0 Å². The summed E-state index contributed by atoms with van der Waals surface area (Å²) in [7, 11) is 1.48. The highest BCUT2D eigenvalue weighted by Gasteiger charge is 2.17. The van der Waals surface area contributed by atoms with Gasteiger partial charge in [-0.2, -0.15) is 0 Å². The number of nitrogens with one attached hydrogen (secondary N) is 1. The molecule has 0 saturated carbocycles. The lowest BCUT2D eigenvalue weighted by Crippen LogP contribution is -2.36. The van der Waals surface area contributed by atoms with E-state index in [0.29, 0.717) is 11.3 Å². The second kappa shape index (κ2) is 6.90. The molecule has 0 aliphatic heterocycles.